The molecule has 0 bridgehead atoms. The third kappa shape index (κ3) is 3.84. The molecule has 0 unspecified atom stereocenters. The number of para-hydroxylation sites is 2. The van der Waals surface area contributed by atoms with Gasteiger partial charge in [-0.1, -0.05) is 72.3 Å². The molecule has 0 fully saturated rings. The minimum Gasteiger partial charge on any atom is -0.296 e. The van der Waals surface area contributed by atoms with Crippen LogP contribution < -0.4 is 5.56 Å². The smallest absolute Gasteiger partial charge is 0.265 e. The zero-order chi connectivity index (χ0) is 24.6. The Hall–Kier alpha value is -4.65. The lowest BCUT2D eigenvalue weighted by Crippen LogP contribution is -2.25. The highest BCUT2D eigenvalue weighted by molar-refractivity contribution is 6.05. The summed E-state index contributed by atoms with van der Waals surface area (Å²) in [6.45, 7) is 4.42. The van der Waals surface area contributed by atoms with Gasteiger partial charge in [0, 0.05) is 6.54 Å². The highest BCUT2D eigenvalue weighted by Crippen LogP contribution is 2.25. The van der Waals surface area contributed by atoms with Crippen molar-refractivity contribution in [3.8, 4) is 0 Å². The lowest BCUT2D eigenvalue weighted by Gasteiger charge is -2.10. The molecule has 0 radical (unpaired) electrons. The molecular formula is C29H24N6O. The van der Waals surface area contributed by atoms with Crippen molar-refractivity contribution in [1.29, 1.82) is 0 Å². The largest absolute Gasteiger partial charge is 0.296 e. The highest BCUT2D eigenvalue weighted by atomic mass is 16.1. The Balaban J connectivity index is 1.58. The van der Waals surface area contributed by atoms with Gasteiger partial charge in [0.1, 0.15) is 16.7 Å². The molecule has 0 saturated heterocycles. The van der Waals surface area contributed by atoms with Crippen molar-refractivity contribution in [2.45, 2.75) is 26.8 Å². The molecule has 0 aliphatic heterocycles. The van der Waals surface area contributed by atoms with Crippen molar-refractivity contribution in [3.63, 3.8) is 0 Å². The fourth-order valence-corrected chi connectivity index (χ4v) is 4.55. The highest BCUT2D eigenvalue weighted by Gasteiger charge is 2.21. The van der Waals surface area contributed by atoms with Gasteiger partial charge in [-0.2, -0.15) is 9.78 Å². The van der Waals surface area contributed by atoms with Crippen LogP contribution in [0.4, 0.5) is 0 Å². The summed E-state index contributed by atoms with van der Waals surface area (Å²) in [4.78, 5) is 28.4. The van der Waals surface area contributed by atoms with Crippen LogP contribution in [0.5, 0.6) is 0 Å². The molecule has 0 atom stereocenters. The molecule has 7 heteroatoms. The van der Waals surface area contributed by atoms with Gasteiger partial charge in [0.05, 0.1) is 17.2 Å². The third-order valence-electron chi connectivity index (χ3n) is 6.36. The number of nitrogens with zero attached hydrogens (tertiary/aromatic N) is 6. The van der Waals surface area contributed by atoms with E-state index < -0.39 is 0 Å². The van der Waals surface area contributed by atoms with Crippen LogP contribution in [0.1, 0.15) is 22.5 Å². The second kappa shape index (κ2) is 8.85. The molecule has 3 aromatic heterocycles. The number of aromatic nitrogens is 5. The van der Waals surface area contributed by atoms with E-state index in [4.69, 9.17) is 20.1 Å². The van der Waals surface area contributed by atoms with E-state index in [0.29, 0.717) is 34.6 Å². The van der Waals surface area contributed by atoms with Gasteiger partial charge in [0.25, 0.3) is 5.56 Å². The minimum atomic E-state index is -0.132. The van der Waals surface area contributed by atoms with Crippen LogP contribution in [0.3, 0.4) is 0 Å². The van der Waals surface area contributed by atoms with Crippen LogP contribution in [0.15, 0.2) is 88.8 Å². The van der Waals surface area contributed by atoms with Crippen LogP contribution in [0.25, 0.3) is 33.2 Å². The van der Waals surface area contributed by atoms with Gasteiger partial charge < -0.3 is 0 Å². The predicted octanol–water partition coefficient (Wildman–Crippen LogP) is 5.04. The van der Waals surface area contributed by atoms with Gasteiger partial charge in [-0.15, -0.1) is 0 Å². The fraction of sp³-hybridized carbons (Fsp3) is 0.138. The molecule has 0 amide bonds. The Kier molecular flexibility index (Phi) is 5.37. The second-order valence-electron chi connectivity index (χ2n) is 8.91. The van der Waals surface area contributed by atoms with Gasteiger partial charge in [0.15, 0.2) is 11.3 Å². The van der Waals surface area contributed by atoms with Crippen molar-refractivity contribution in [3.05, 3.63) is 112 Å². The third-order valence-corrected chi connectivity index (χ3v) is 6.36. The summed E-state index contributed by atoms with van der Waals surface area (Å²) in [5, 5.41) is 5.16. The predicted molar refractivity (Wildman–Crippen MR) is 144 cm³/mol. The van der Waals surface area contributed by atoms with Crippen molar-refractivity contribution < 1.29 is 0 Å². The topological polar surface area (TPSA) is 78.0 Å². The SMILES string of the molecule is Cc1cccc(C=Nn2c3nc4ccccc4nc3c3c(=O)n(CCc4ccccc4)c(C)nc32)c1. The molecular weight excluding hydrogens is 448 g/mol. The maximum atomic E-state index is 13.8. The first-order chi connectivity index (χ1) is 17.6. The monoisotopic (exact) mass is 472 g/mol. The molecule has 0 aliphatic rings. The zero-order valence-electron chi connectivity index (χ0n) is 20.1. The molecule has 0 N–H and O–H groups in total. The van der Waals surface area contributed by atoms with Crippen molar-refractivity contribution >= 4 is 39.4 Å². The Morgan fingerprint density at radius 3 is 2.36 bits per heavy atom. The number of hydrogen-bond acceptors (Lipinski definition) is 5. The lowest BCUT2D eigenvalue weighted by molar-refractivity contribution is 0.636. The second-order valence-corrected chi connectivity index (χ2v) is 8.91. The van der Waals surface area contributed by atoms with E-state index in [1.807, 2.05) is 80.6 Å². The molecule has 36 heavy (non-hydrogen) atoms. The summed E-state index contributed by atoms with van der Waals surface area (Å²) in [6, 6.07) is 25.8. The van der Waals surface area contributed by atoms with Crippen molar-refractivity contribution in [2.24, 2.45) is 5.10 Å². The van der Waals surface area contributed by atoms with Gasteiger partial charge in [0.2, 0.25) is 0 Å². The molecule has 3 aromatic carbocycles. The van der Waals surface area contributed by atoms with E-state index >= 15 is 0 Å². The Morgan fingerprint density at radius 2 is 1.58 bits per heavy atom. The molecule has 176 valence electrons. The number of rotatable bonds is 5. The van der Waals surface area contributed by atoms with Gasteiger partial charge in [-0.25, -0.2) is 15.0 Å². The van der Waals surface area contributed by atoms with Crippen LogP contribution in [0, 0.1) is 13.8 Å². The maximum absolute atomic E-state index is 13.8. The maximum Gasteiger partial charge on any atom is 0.265 e. The molecule has 0 spiro atoms. The summed E-state index contributed by atoms with van der Waals surface area (Å²) in [5.41, 5.74) is 6.07. The zero-order valence-corrected chi connectivity index (χ0v) is 20.1. The summed E-state index contributed by atoms with van der Waals surface area (Å²) in [5.74, 6) is 0.628. The molecule has 7 nitrogen and oxygen atoms in total. The Bertz CT molecular complexity index is 1830. The van der Waals surface area contributed by atoms with E-state index in [1.165, 1.54) is 5.56 Å². The van der Waals surface area contributed by atoms with Gasteiger partial charge >= 0.3 is 0 Å². The van der Waals surface area contributed by atoms with Crippen molar-refractivity contribution in [2.75, 3.05) is 0 Å². The molecule has 0 aliphatic carbocycles. The van der Waals surface area contributed by atoms with E-state index in [2.05, 4.69) is 12.1 Å². The first-order valence-corrected chi connectivity index (χ1v) is 11.9. The van der Waals surface area contributed by atoms with Gasteiger partial charge in [-0.05, 0) is 43.5 Å². The Morgan fingerprint density at radius 1 is 0.833 bits per heavy atom. The van der Waals surface area contributed by atoms with Crippen molar-refractivity contribution in [1.82, 2.24) is 24.2 Å². The van der Waals surface area contributed by atoms with Crippen LogP contribution in [0.2, 0.25) is 0 Å². The van der Waals surface area contributed by atoms with E-state index in [-0.39, 0.29) is 5.56 Å². The van der Waals surface area contributed by atoms with E-state index in [1.54, 1.807) is 15.5 Å². The summed E-state index contributed by atoms with van der Waals surface area (Å²) < 4.78 is 3.36. The summed E-state index contributed by atoms with van der Waals surface area (Å²) in [7, 11) is 0. The van der Waals surface area contributed by atoms with Crippen LogP contribution in [-0.2, 0) is 13.0 Å². The minimum absolute atomic E-state index is 0.132. The first-order valence-electron chi connectivity index (χ1n) is 11.9. The standard InChI is InChI=1S/C29H24N6O/c1-19-9-8-12-22(17-19)18-30-35-27-25(26-28(35)33-24-14-7-6-13-23(24)32-26)29(36)34(20(2)31-27)16-15-21-10-4-3-5-11-21/h3-14,17-18H,15-16H2,1-2H3. The van der Waals surface area contributed by atoms with E-state index in [0.717, 1.165) is 28.6 Å². The normalized spacial score (nSPS) is 11.8. The molecule has 6 aromatic rings. The number of fused-ring (bicyclic) bond motifs is 4. The quantitative estimate of drug-likeness (QED) is 0.330. The van der Waals surface area contributed by atoms with Crippen LogP contribution >= 0.6 is 0 Å². The molecule has 0 saturated carbocycles. The summed E-state index contributed by atoms with van der Waals surface area (Å²) in [6.07, 6.45) is 2.49. The molecule has 6 rings (SSSR count). The summed E-state index contributed by atoms with van der Waals surface area (Å²) >= 11 is 0. The average Bonchev–Trinajstić information content (AvgIpc) is 3.18. The number of hydrogen-bond donors (Lipinski definition) is 0. The fourth-order valence-electron chi connectivity index (χ4n) is 4.55. The first kappa shape index (κ1) is 21.9. The van der Waals surface area contributed by atoms with Crippen LogP contribution in [-0.4, -0.2) is 30.4 Å². The van der Waals surface area contributed by atoms with E-state index in [9.17, 15) is 4.79 Å². The number of benzene rings is 3. The average molecular weight is 473 g/mol. The lowest BCUT2D eigenvalue weighted by atomic mass is 10.1. The van der Waals surface area contributed by atoms with Gasteiger partial charge in [-0.3, -0.25) is 9.36 Å². The Labute approximate surface area is 207 Å². The number of aryl methyl sites for hydroxylation is 3. The molecule has 3 heterocycles.